The first-order valence-electron chi connectivity index (χ1n) is 8.02. The third-order valence-corrected chi connectivity index (χ3v) is 3.41. The molecule has 1 N–H and O–H groups in total. The summed E-state index contributed by atoms with van der Waals surface area (Å²) in [6.07, 6.45) is 1.13. The molecule has 0 aliphatic carbocycles. The van der Waals surface area contributed by atoms with Gasteiger partial charge in [0.15, 0.2) is 11.7 Å². The van der Waals surface area contributed by atoms with Crippen LogP contribution in [-0.2, 0) is 0 Å². The summed E-state index contributed by atoms with van der Waals surface area (Å²) in [6.45, 7) is 3.82. The van der Waals surface area contributed by atoms with Crippen molar-refractivity contribution in [1.29, 1.82) is 0 Å². The first-order valence-corrected chi connectivity index (χ1v) is 8.02. The number of aromatic nitrogens is 1. The zero-order chi connectivity index (χ0) is 19.8. The number of methoxy groups -OCH3 is 2. The van der Waals surface area contributed by atoms with E-state index in [1.165, 1.54) is 12.1 Å². The number of pyridine rings is 1. The molecule has 10 heteroatoms. The summed E-state index contributed by atoms with van der Waals surface area (Å²) in [6, 6.07) is 8.01. The number of nitrogens with one attached hydrogen (secondary N) is 1. The van der Waals surface area contributed by atoms with E-state index >= 15 is 0 Å². The molecule has 0 atom stereocenters. The highest BCUT2D eigenvalue weighted by atomic mass is 16.6. The van der Waals surface area contributed by atoms with Crippen molar-refractivity contribution in [2.24, 2.45) is 21.2 Å². The molecule has 0 unspecified atom stereocenters. The number of amidine groups is 1. The molecule has 27 heavy (non-hydrogen) atoms. The standard InChI is InChI=1S/C17H20N6O4/c1-11(2)17(22-20-16-8-5-12(10-18-16)23(24)25)21-19-14-7-6-13(26-3)9-15(14)27-4/h5-11,19H,1-4H3. The predicted molar refractivity (Wildman–Crippen MR) is 101 cm³/mol. The lowest BCUT2D eigenvalue weighted by Gasteiger charge is -2.10. The lowest BCUT2D eigenvalue weighted by atomic mass is 10.2. The van der Waals surface area contributed by atoms with E-state index in [0.29, 0.717) is 23.0 Å². The third-order valence-electron chi connectivity index (χ3n) is 3.41. The Balaban J connectivity index is 2.18. The summed E-state index contributed by atoms with van der Waals surface area (Å²) >= 11 is 0. The summed E-state index contributed by atoms with van der Waals surface area (Å²) in [5.74, 6) is 1.87. The minimum absolute atomic E-state index is 0.0245. The Hall–Kier alpha value is -3.56. The highest BCUT2D eigenvalue weighted by Gasteiger charge is 2.09. The van der Waals surface area contributed by atoms with Crippen molar-refractivity contribution in [3.8, 4) is 11.5 Å². The highest BCUT2D eigenvalue weighted by Crippen LogP contribution is 2.29. The van der Waals surface area contributed by atoms with E-state index in [-0.39, 0.29) is 17.4 Å². The number of hydrogen-bond acceptors (Lipinski definition) is 8. The van der Waals surface area contributed by atoms with E-state index in [0.717, 1.165) is 6.20 Å². The molecule has 2 rings (SSSR count). The van der Waals surface area contributed by atoms with Gasteiger partial charge >= 0.3 is 0 Å². The molecule has 0 saturated heterocycles. The van der Waals surface area contributed by atoms with Crippen LogP contribution in [0, 0.1) is 16.0 Å². The summed E-state index contributed by atoms with van der Waals surface area (Å²) < 4.78 is 10.5. The molecular weight excluding hydrogens is 352 g/mol. The van der Waals surface area contributed by atoms with Crippen LogP contribution in [-0.4, -0.2) is 30.0 Å². The average molecular weight is 372 g/mol. The van der Waals surface area contributed by atoms with Crippen LogP contribution >= 0.6 is 0 Å². The predicted octanol–water partition coefficient (Wildman–Crippen LogP) is 4.17. The number of ether oxygens (including phenoxy) is 2. The normalized spacial score (nSPS) is 11.7. The monoisotopic (exact) mass is 372 g/mol. The molecule has 2 aromatic rings. The molecule has 0 aliphatic rings. The first kappa shape index (κ1) is 19.8. The van der Waals surface area contributed by atoms with E-state index in [4.69, 9.17) is 9.47 Å². The zero-order valence-electron chi connectivity index (χ0n) is 15.4. The number of nitrogens with zero attached hydrogens (tertiary/aromatic N) is 5. The second-order valence-electron chi connectivity index (χ2n) is 5.63. The number of hydrazone groups is 1. The smallest absolute Gasteiger partial charge is 0.287 e. The fourth-order valence-corrected chi connectivity index (χ4v) is 1.92. The second-order valence-corrected chi connectivity index (χ2v) is 5.63. The molecule has 142 valence electrons. The lowest BCUT2D eigenvalue weighted by Crippen LogP contribution is -2.07. The SMILES string of the molecule is COc1ccc(NN=C(N=Nc2ccc([N+](=O)[O-])cn2)C(C)C)c(OC)c1. The van der Waals surface area contributed by atoms with Gasteiger partial charge < -0.3 is 9.47 Å². The molecule has 0 bridgehead atoms. The lowest BCUT2D eigenvalue weighted by molar-refractivity contribution is -0.385. The van der Waals surface area contributed by atoms with Gasteiger partial charge in [-0.25, -0.2) is 4.98 Å². The quantitative estimate of drug-likeness (QED) is 0.256. The maximum absolute atomic E-state index is 10.6. The maximum Gasteiger partial charge on any atom is 0.287 e. The van der Waals surface area contributed by atoms with Crippen LogP contribution in [0.4, 0.5) is 17.2 Å². The Kier molecular flexibility index (Phi) is 6.75. The van der Waals surface area contributed by atoms with Crippen molar-refractivity contribution in [2.75, 3.05) is 19.6 Å². The summed E-state index contributed by atoms with van der Waals surface area (Å²) in [7, 11) is 3.12. The van der Waals surface area contributed by atoms with Crippen molar-refractivity contribution in [3.05, 3.63) is 46.6 Å². The molecule has 0 fully saturated rings. The molecule has 0 aliphatic heterocycles. The first-order chi connectivity index (χ1) is 12.9. The topological polar surface area (TPSA) is 124 Å². The van der Waals surface area contributed by atoms with Crippen LogP contribution in [0.3, 0.4) is 0 Å². The molecule has 10 nitrogen and oxygen atoms in total. The molecule has 0 radical (unpaired) electrons. The molecule has 0 spiro atoms. The van der Waals surface area contributed by atoms with Gasteiger partial charge in [-0.3, -0.25) is 15.5 Å². The Morgan fingerprint density at radius 3 is 2.56 bits per heavy atom. The van der Waals surface area contributed by atoms with Crippen molar-refractivity contribution < 1.29 is 14.4 Å². The number of azo groups is 1. The van der Waals surface area contributed by atoms with Gasteiger partial charge in [0.05, 0.1) is 24.8 Å². The summed E-state index contributed by atoms with van der Waals surface area (Å²) in [5, 5.41) is 23.0. The van der Waals surface area contributed by atoms with Crippen molar-refractivity contribution in [3.63, 3.8) is 0 Å². The van der Waals surface area contributed by atoms with Gasteiger partial charge in [-0.2, -0.15) is 5.10 Å². The van der Waals surface area contributed by atoms with E-state index in [1.54, 1.807) is 32.4 Å². The Morgan fingerprint density at radius 2 is 2.00 bits per heavy atom. The van der Waals surface area contributed by atoms with Crippen molar-refractivity contribution in [1.82, 2.24) is 4.98 Å². The van der Waals surface area contributed by atoms with E-state index < -0.39 is 4.92 Å². The third kappa shape index (κ3) is 5.46. The zero-order valence-corrected chi connectivity index (χ0v) is 15.4. The second kappa shape index (κ2) is 9.22. The van der Waals surface area contributed by atoms with Crippen LogP contribution < -0.4 is 14.9 Å². The van der Waals surface area contributed by atoms with Crippen LogP contribution in [0.2, 0.25) is 0 Å². The molecule has 1 aromatic heterocycles. The van der Waals surface area contributed by atoms with Crippen molar-refractivity contribution >= 4 is 23.0 Å². The molecule has 0 amide bonds. The molecule has 0 saturated carbocycles. The Labute approximate surface area is 156 Å². The van der Waals surface area contributed by atoms with E-state index in [9.17, 15) is 10.1 Å². The van der Waals surface area contributed by atoms with E-state index in [2.05, 4.69) is 25.7 Å². The van der Waals surface area contributed by atoms with Crippen LogP contribution in [0.25, 0.3) is 0 Å². The highest BCUT2D eigenvalue weighted by molar-refractivity contribution is 5.85. The van der Waals surface area contributed by atoms with E-state index in [1.807, 2.05) is 13.8 Å². The van der Waals surface area contributed by atoms with Crippen LogP contribution in [0.5, 0.6) is 11.5 Å². The van der Waals surface area contributed by atoms with Crippen LogP contribution in [0.1, 0.15) is 13.8 Å². The van der Waals surface area contributed by atoms with Crippen molar-refractivity contribution in [2.45, 2.75) is 13.8 Å². The van der Waals surface area contributed by atoms with Gasteiger partial charge in [-0.05, 0) is 18.2 Å². The number of rotatable bonds is 7. The van der Waals surface area contributed by atoms with Gasteiger partial charge in [0.25, 0.3) is 5.69 Å². The van der Waals surface area contributed by atoms with Gasteiger partial charge in [0, 0.05) is 18.1 Å². The summed E-state index contributed by atoms with van der Waals surface area (Å²) in [5.41, 5.74) is 3.43. The minimum Gasteiger partial charge on any atom is -0.497 e. The number of anilines is 1. The Bertz CT molecular complexity index is 849. The van der Waals surface area contributed by atoms with Gasteiger partial charge in [0.2, 0.25) is 0 Å². The fraction of sp³-hybridized carbons (Fsp3) is 0.294. The van der Waals surface area contributed by atoms with Crippen LogP contribution in [0.15, 0.2) is 51.9 Å². The maximum atomic E-state index is 10.6. The molecule has 1 aromatic carbocycles. The van der Waals surface area contributed by atoms with Gasteiger partial charge in [-0.1, -0.05) is 13.8 Å². The average Bonchev–Trinajstić information content (AvgIpc) is 2.67. The summed E-state index contributed by atoms with van der Waals surface area (Å²) in [4.78, 5) is 14.0. The number of hydrogen-bond donors (Lipinski definition) is 1. The number of nitro groups is 1. The molecular formula is C17H20N6O4. The minimum atomic E-state index is -0.527. The van der Waals surface area contributed by atoms with Gasteiger partial charge in [0.1, 0.15) is 17.7 Å². The van der Waals surface area contributed by atoms with Gasteiger partial charge in [-0.15, -0.1) is 10.2 Å². The molecule has 1 heterocycles. The largest absolute Gasteiger partial charge is 0.497 e. The Morgan fingerprint density at radius 1 is 1.22 bits per heavy atom. The number of benzene rings is 1. The fourth-order valence-electron chi connectivity index (χ4n) is 1.92.